The summed E-state index contributed by atoms with van der Waals surface area (Å²) in [6.45, 7) is 5.47. The van der Waals surface area contributed by atoms with E-state index in [9.17, 15) is 4.21 Å². The summed E-state index contributed by atoms with van der Waals surface area (Å²) in [5.41, 5.74) is 5.68. The van der Waals surface area contributed by atoms with Gasteiger partial charge in [0.05, 0.1) is 0 Å². The molecule has 0 aromatic carbocycles. The van der Waals surface area contributed by atoms with Crippen molar-refractivity contribution in [1.29, 1.82) is 0 Å². The van der Waals surface area contributed by atoms with Gasteiger partial charge in [0.1, 0.15) is 5.82 Å². The third-order valence-electron chi connectivity index (χ3n) is 2.64. The van der Waals surface area contributed by atoms with Crippen LogP contribution in [0.25, 0.3) is 0 Å². The van der Waals surface area contributed by atoms with E-state index in [1.165, 1.54) is 0 Å². The summed E-state index contributed by atoms with van der Waals surface area (Å²) in [6, 6.07) is 0. The van der Waals surface area contributed by atoms with E-state index < -0.39 is 10.8 Å². The van der Waals surface area contributed by atoms with Crippen LogP contribution in [0, 0.1) is 0 Å². The number of aromatic nitrogens is 3. The summed E-state index contributed by atoms with van der Waals surface area (Å²) in [6.07, 6.45) is 0. The molecule has 1 aliphatic heterocycles. The number of anilines is 2. The average Bonchev–Trinajstić information content (AvgIpc) is 2.29. The highest BCUT2D eigenvalue weighted by atomic mass is 32.2. The fourth-order valence-corrected chi connectivity index (χ4v) is 2.69. The Labute approximate surface area is 103 Å². The van der Waals surface area contributed by atoms with Crippen molar-refractivity contribution < 1.29 is 4.21 Å². The van der Waals surface area contributed by atoms with E-state index in [4.69, 9.17) is 5.73 Å². The molecule has 2 rings (SSSR count). The minimum Gasteiger partial charge on any atom is -0.368 e. The van der Waals surface area contributed by atoms with Crippen molar-refractivity contribution in [3.8, 4) is 0 Å². The van der Waals surface area contributed by atoms with Crippen molar-refractivity contribution >= 4 is 22.7 Å². The summed E-state index contributed by atoms with van der Waals surface area (Å²) in [4.78, 5) is 14.7. The third kappa shape index (κ3) is 2.91. The fraction of sp³-hybridized carbons (Fsp3) is 0.700. The zero-order valence-corrected chi connectivity index (χ0v) is 10.9. The molecule has 1 aromatic rings. The van der Waals surface area contributed by atoms with Gasteiger partial charge in [0.2, 0.25) is 11.9 Å². The van der Waals surface area contributed by atoms with Gasteiger partial charge in [0.25, 0.3) is 0 Å². The number of nitrogen functional groups attached to an aromatic ring is 1. The number of nitrogens with two attached hydrogens (primary N) is 1. The quantitative estimate of drug-likeness (QED) is 0.809. The van der Waals surface area contributed by atoms with Crippen LogP contribution in [-0.2, 0) is 10.8 Å². The Hall–Kier alpha value is -1.24. The predicted molar refractivity (Wildman–Crippen MR) is 68.4 cm³/mol. The third-order valence-corrected chi connectivity index (χ3v) is 3.91. The number of hydrogen-bond acceptors (Lipinski definition) is 6. The second kappa shape index (κ2) is 4.95. The molecule has 1 aliphatic rings. The largest absolute Gasteiger partial charge is 0.368 e. The van der Waals surface area contributed by atoms with Crippen LogP contribution in [0.2, 0.25) is 0 Å². The summed E-state index contributed by atoms with van der Waals surface area (Å²) in [7, 11) is -0.698. The number of rotatable bonds is 2. The van der Waals surface area contributed by atoms with E-state index in [-0.39, 0.29) is 11.9 Å². The maximum Gasteiger partial charge on any atom is 0.230 e. The van der Waals surface area contributed by atoms with Gasteiger partial charge in [0, 0.05) is 41.3 Å². The van der Waals surface area contributed by atoms with Gasteiger partial charge in [0.15, 0.2) is 0 Å². The highest BCUT2D eigenvalue weighted by Gasteiger charge is 2.19. The van der Waals surface area contributed by atoms with Crippen LogP contribution in [0.5, 0.6) is 0 Å². The van der Waals surface area contributed by atoms with Crippen LogP contribution in [0.3, 0.4) is 0 Å². The van der Waals surface area contributed by atoms with Crippen molar-refractivity contribution in [1.82, 2.24) is 15.0 Å². The molecule has 0 saturated carbocycles. The lowest BCUT2D eigenvalue weighted by atomic mass is 10.2. The first kappa shape index (κ1) is 12.2. The number of nitrogens with zero attached hydrogens (tertiary/aromatic N) is 4. The van der Waals surface area contributed by atoms with Crippen LogP contribution < -0.4 is 10.6 Å². The van der Waals surface area contributed by atoms with Crippen LogP contribution >= 0.6 is 0 Å². The topological polar surface area (TPSA) is 85.0 Å². The molecule has 94 valence electrons. The lowest BCUT2D eigenvalue weighted by molar-refractivity contribution is 0.669. The van der Waals surface area contributed by atoms with E-state index in [1.54, 1.807) is 0 Å². The monoisotopic (exact) mass is 255 g/mol. The van der Waals surface area contributed by atoms with Crippen LogP contribution in [0.4, 0.5) is 11.9 Å². The average molecular weight is 255 g/mol. The molecule has 0 atom stereocenters. The van der Waals surface area contributed by atoms with Gasteiger partial charge >= 0.3 is 0 Å². The SMILES string of the molecule is CC(C)c1nc(N)nc(N2CCS(=O)CC2)n1. The molecule has 1 saturated heterocycles. The lowest BCUT2D eigenvalue weighted by Gasteiger charge is -2.26. The molecule has 2 N–H and O–H groups in total. The Balaban J connectivity index is 2.23. The van der Waals surface area contributed by atoms with Gasteiger partial charge < -0.3 is 10.6 Å². The Kier molecular flexibility index (Phi) is 3.56. The van der Waals surface area contributed by atoms with Gasteiger partial charge in [-0.15, -0.1) is 0 Å². The minimum atomic E-state index is -0.698. The summed E-state index contributed by atoms with van der Waals surface area (Å²) in [5.74, 6) is 3.13. The van der Waals surface area contributed by atoms with Gasteiger partial charge in [-0.25, -0.2) is 0 Å². The van der Waals surface area contributed by atoms with Crippen LogP contribution in [0.15, 0.2) is 0 Å². The van der Waals surface area contributed by atoms with Gasteiger partial charge in [-0.1, -0.05) is 13.8 Å². The van der Waals surface area contributed by atoms with Crippen molar-refractivity contribution in [2.75, 3.05) is 35.2 Å². The molecule has 1 fully saturated rings. The maximum absolute atomic E-state index is 11.3. The molecule has 0 bridgehead atoms. The van der Waals surface area contributed by atoms with Crippen molar-refractivity contribution in [2.24, 2.45) is 0 Å². The maximum atomic E-state index is 11.3. The molecular weight excluding hydrogens is 238 g/mol. The molecule has 0 amide bonds. The van der Waals surface area contributed by atoms with E-state index in [2.05, 4.69) is 15.0 Å². The van der Waals surface area contributed by atoms with Crippen molar-refractivity contribution in [3.63, 3.8) is 0 Å². The predicted octanol–water partition coefficient (Wildman–Crippen LogP) is 0.146. The molecular formula is C10H17N5OS. The van der Waals surface area contributed by atoms with Crippen LogP contribution in [0.1, 0.15) is 25.6 Å². The molecule has 0 radical (unpaired) electrons. The van der Waals surface area contributed by atoms with Gasteiger partial charge in [-0.2, -0.15) is 15.0 Å². The zero-order valence-electron chi connectivity index (χ0n) is 10.1. The van der Waals surface area contributed by atoms with Crippen LogP contribution in [-0.4, -0.2) is 43.8 Å². The Bertz CT molecular complexity index is 427. The summed E-state index contributed by atoms with van der Waals surface area (Å²) < 4.78 is 11.3. The molecule has 0 unspecified atom stereocenters. The molecule has 17 heavy (non-hydrogen) atoms. The van der Waals surface area contributed by atoms with Crippen molar-refractivity contribution in [3.05, 3.63) is 5.82 Å². The highest BCUT2D eigenvalue weighted by Crippen LogP contribution is 2.16. The molecule has 0 aliphatic carbocycles. The standard InChI is InChI=1S/C10H17N5OS/c1-7(2)8-12-9(11)14-10(13-8)15-3-5-17(16)6-4-15/h7H,3-6H2,1-2H3,(H2,11,12,13,14). The Morgan fingerprint density at radius 1 is 1.24 bits per heavy atom. The Morgan fingerprint density at radius 2 is 1.88 bits per heavy atom. The molecule has 6 nitrogen and oxygen atoms in total. The first-order valence-electron chi connectivity index (χ1n) is 5.67. The van der Waals surface area contributed by atoms with Crippen molar-refractivity contribution in [2.45, 2.75) is 19.8 Å². The fourth-order valence-electron chi connectivity index (χ4n) is 1.63. The molecule has 2 heterocycles. The lowest BCUT2D eigenvalue weighted by Crippen LogP contribution is -2.39. The first-order chi connectivity index (χ1) is 8.06. The van der Waals surface area contributed by atoms with E-state index in [1.807, 2.05) is 18.7 Å². The normalized spacial score (nSPS) is 17.7. The van der Waals surface area contributed by atoms with E-state index in [0.717, 1.165) is 0 Å². The zero-order chi connectivity index (χ0) is 12.4. The minimum absolute atomic E-state index is 0.220. The summed E-state index contributed by atoms with van der Waals surface area (Å²) in [5, 5.41) is 0. The molecule has 0 spiro atoms. The molecule has 1 aromatic heterocycles. The van der Waals surface area contributed by atoms with Gasteiger partial charge in [-0.05, 0) is 0 Å². The highest BCUT2D eigenvalue weighted by molar-refractivity contribution is 7.85. The first-order valence-corrected chi connectivity index (χ1v) is 7.16. The second-order valence-corrected chi connectivity index (χ2v) is 6.04. The Morgan fingerprint density at radius 3 is 2.47 bits per heavy atom. The van der Waals surface area contributed by atoms with E-state index >= 15 is 0 Å². The molecule has 7 heteroatoms. The van der Waals surface area contributed by atoms with Gasteiger partial charge in [-0.3, -0.25) is 4.21 Å². The number of hydrogen-bond donors (Lipinski definition) is 1. The smallest absolute Gasteiger partial charge is 0.230 e. The summed E-state index contributed by atoms with van der Waals surface area (Å²) >= 11 is 0. The van der Waals surface area contributed by atoms with E-state index in [0.29, 0.717) is 36.4 Å². The second-order valence-electron chi connectivity index (χ2n) is 4.34.